The summed E-state index contributed by atoms with van der Waals surface area (Å²) in [6.45, 7) is 7.05. The summed E-state index contributed by atoms with van der Waals surface area (Å²) >= 11 is 0. The number of nitrogens with zero attached hydrogens (tertiary/aromatic N) is 5. The zero-order valence-corrected chi connectivity index (χ0v) is 30.0. The van der Waals surface area contributed by atoms with Crippen molar-refractivity contribution < 1.29 is 32.5 Å². The van der Waals surface area contributed by atoms with E-state index in [4.69, 9.17) is 18.9 Å². The molecule has 2 atom stereocenters. The van der Waals surface area contributed by atoms with Gasteiger partial charge in [0.1, 0.15) is 0 Å². The molecule has 2 saturated heterocycles. The molecule has 1 unspecified atom stereocenters. The molecule has 5 rings (SSSR count). The van der Waals surface area contributed by atoms with Crippen LogP contribution < -0.4 is 14.2 Å². The van der Waals surface area contributed by atoms with Crippen molar-refractivity contribution in [2.75, 3.05) is 60.2 Å². The minimum Gasteiger partial charge on any atom is -0.481 e. The quantitative estimate of drug-likeness (QED) is 0.219. The Hall–Kier alpha value is -3.29. The fourth-order valence-corrected chi connectivity index (χ4v) is 6.64. The number of amides is 1. The van der Waals surface area contributed by atoms with Crippen LogP contribution in [0.3, 0.4) is 0 Å². The number of hydrogen-bond acceptors (Lipinski definition) is 9. The van der Waals surface area contributed by atoms with E-state index in [1.165, 1.54) is 18.2 Å². The highest BCUT2D eigenvalue weighted by atomic mass is 35.5. The zero-order chi connectivity index (χ0) is 33.3. The van der Waals surface area contributed by atoms with Crippen LogP contribution in [-0.4, -0.2) is 115 Å². The lowest BCUT2D eigenvalue weighted by atomic mass is 9.81. The molecule has 0 aliphatic carbocycles. The Morgan fingerprint density at radius 1 is 0.898 bits per heavy atom. The van der Waals surface area contributed by atoms with E-state index in [1.54, 1.807) is 7.11 Å². The molecule has 2 fully saturated rings. The fourth-order valence-electron chi connectivity index (χ4n) is 6.64. The van der Waals surface area contributed by atoms with Gasteiger partial charge < -0.3 is 23.8 Å². The van der Waals surface area contributed by atoms with Gasteiger partial charge in [0.05, 0.1) is 31.8 Å². The van der Waals surface area contributed by atoms with Gasteiger partial charge in [0, 0.05) is 64.4 Å². The highest BCUT2D eigenvalue weighted by molar-refractivity contribution is 5.85. The van der Waals surface area contributed by atoms with E-state index < -0.39 is 13.0 Å². The SMILES string of the molecule is COCCC(=O)N1CCN2C(C(c3ccccc3)c3ccccc3)CN(Cc3c(OC)nc(OCC(F)F)nc3OC(C)C)C[C@@H]2C1.Cl.Cl. The number of fused-ring (bicyclic) bond motifs is 1. The Kier molecular flexibility index (Phi) is 15.7. The molecule has 10 nitrogen and oxygen atoms in total. The number of benzene rings is 2. The van der Waals surface area contributed by atoms with Crippen molar-refractivity contribution in [2.24, 2.45) is 0 Å². The zero-order valence-electron chi connectivity index (χ0n) is 28.4. The molecule has 2 aliphatic rings. The number of halogens is 4. The molecule has 0 radical (unpaired) electrons. The molecule has 1 aromatic heterocycles. The lowest BCUT2D eigenvalue weighted by Gasteiger charge is -2.53. The summed E-state index contributed by atoms with van der Waals surface area (Å²) < 4.78 is 48.0. The normalized spacial score (nSPS) is 18.1. The Labute approximate surface area is 299 Å². The molecule has 0 saturated carbocycles. The molecule has 0 N–H and O–H groups in total. The first-order valence-corrected chi connectivity index (χ1v) is 16.1. The minimum atomic E-state index is -2.68. The van der Waals surface area contributed by atoms with Crippen LogP contribution >= 0.6 is 24.8 Å². The van der Waals surface area contributed by atoms with Crippen LogP contribution in [-0.2, 0) is 16.1 Å². The van der Waals surface area contributed by atoms with Gasteiger partial charge in [-0.15, -0.1) is 24.8 Å². The van der Waals surface area contributed by atoms with Crippen LogP contribution in [0.4, 0.5) is 8.78 Å². The van der Waals surface area contributed by atoms with Crippen LogP contribution in [0.1, 0.15) is 42.9 Å². The third-order valence-electron chi connectivity index (χ3n) is 8.61. The van der Waals surface area contributed by atoms with Gasteiger partial charge in [-0.25, -0.2) is 8.78 Å². The van der Waals surface area contributed by atoms with Crippen molar-refractivity contribution >= 4 is 30.7 Å². The Morgan fingerprint density at radius 3 is 2.10 bits per heavy atom. The molecular formula is C35H47Cl2F2N5O5. The lowest BCUT2D eigenvalue weighted by molar-refractivity contribution is -0.137. The number of hydrogen-bond donors (Lipinski definition) is 0. The molecule has 3 heterocycles. The fraction of sp³-hybridized carbons (Fsp3) is 0.514. The molecule has 2 aromatic carbocycles. The molecule has 49 heavy (non-hydrogen) atoms. The number of piperazine rings is 2. The maximum absolute atomic E-state index is 13.1. The molecule has 1 amide bonds. The molecule has 270 valence electrons. The summed E-state index contributed by atoms with van der Waals surface area (Å²) in [7, 11) is 3.09. The van der Waals surface area contributed by atoms with E-state index in [0.717, 1.165) is 6.54 Å². The van der Waals surface area contributed by atoms with E-state index >= 15 is 0 Å². The summed E-state index contributed by atoms with van der Waals surface area (Å²) in [6, 6.07) is 21.0. The molecule has 0 bridgehead atoms. The Bertz CT molecular complexity index is 1410. The Balaban J connectivity index is 0.00000325. The van der Waals surface area contributed by atoms with Crippen molar-refractivity contribution in [3.8, 4) is 17.8 Å². The van der Waals surface area contributed by atoms with Crippen LogP contribution in [0.25, 0.3) is 0 Å². The molecule has 2 aliphatic heterocycles. The molecule has 3 aromatic rings. The van der Waals surface area contributed by atoms with Crippen molar-refractivity contribution in [3.05, 3.63) is 77.4 Å². The monoisotopic (exact) mass is 725 g/mol. The van der Waals surface area contributed by atoms with Gasteiger partial charge in [-0.05, 0) is 25.0 Å². The second-order valence-electron chi connectivity index (χ2n) is 12.2. The van der Waals surface area contributed by atoms with E-state index in [0.29, 0.717) is 51.3 Å². The average Bonchev–Trinajstić information content (AvgIpc) is 3.07. The number of aromatic nitrogens is 2. The van der Waals surface area contributed by atoms with Gasteiger partial charge in [-0.2, -0.15) is 9.97 Å². The topological polar surface area (TPSA) is 89.5 Å². The predicted octanol–water partition coefficient (Wildman–Crippen LogP) is 5.33. The number of rotatable bonds is 14. The second kappa shape index (κ2) is 19.2. The average molecular weight is 727 g/mol. The van der Waals surface area contributed by atoms with Crippen LogP contribution in [0.2, 0.25) is 0 Å². The summed E-state index contributed by atoms with van der Waals surface area (Å²) in [4.78, 5) is 28.7. The Morgan fingerprint density at radius 2 is 1.53 bits per heavy atom. The number of methoxy groups -OCH3 is 2. The van der Waals surface area contributed by atoms with Crippen LogP contribution in [0.5, 0.6) is 17.8 Å². The maximum Gasteiger partial charge on any atom is 0.323 e. The predicted molar refractivity (Wildman–Crippen MR) is 188 cm³/mol. The van der Waals surface area contributed by atoms with Crippen molar-refractivity contribution in [1.82, 2.24) is 24.7 Å². The molecule has 14 heteroatoms. The third-order valence-corrected chi connectivity index (χ3v) is 8.61. The molecule has 0 spiro atoms. The van der Waals surface area contributed by atoms with Gasteiger partial charge in [-0.3, -0.25) is 14.6 Å². The maximum atomic E-state index is 13.1. The largest absolute Gasteiger partial charge is 0.481 e. The van der Waals surface area contributed by atoms with Crippen molar-refractivity contribution in [1.29, 1.82) is 0 Å². The van der Waals surface area contributed by atoms with Gasteiger partial charge >= 0.3 is 6.01 Å². The van der Waals surface area contributed by atoms with E-state index in [2.05, 4.69) is 68.3 Å². The number of carbonyl (C=O) groups excluding carboxylic acids is 1. The first kappa shape index (κ1) is 40.1. The van der Waals surface area contributed by atoms with Gasteiger partial charge in [0.2, 0.25) is 17.7 Å². The lowest BCUT2D eigenvalue weighted by Crippen LogP contribution is -2.67. The summed E-state index contributed by atoms with van der Waals surface area (Å²) in [5.41, 5.74) is 3.04. The third kappa shape index (κ3) is 10.4. The van der Waals surface area contributed by atoms with Gasteiger partial charge in [0.25, 0.3) is 6.43 Å². The van der Waals surface area contributed by atoms with Gasteiger partial charge in [-0.1, -0.05) is 60.7 Å². The van der Waals surface area contributed by atoms with E-state index in [9.17, 15) is 13.6 Å². The van der Waals surface area contributed by atoms with Crippen molar-refractivity contribution in [3.63, 3.8) is 0 Å². The highest BCUT2D eigenvalue weighted by Gasteiger charge is 2.43. The minimum absolute atomic E-state index is 0. The number of alkyl halides is 2. The number of carbonyl (C=O) groups is 1. The van der Waals surface area contributed by atoms with E-state index in [1.807, 2.05) is 30.9 Å². The first-order chi connectivity index (χ1) is 22.8. The summed E-state index contributed by atoms with van der Waals surface area (Å²) in [6.07, 6.45) is -2.57. The first-order valence-electron chi connectivity index (χ1n) is 16.1. The van der Waals surface area contributed by atoms with Crippen LogP contribution in [0, 0.1) is 0 Å². The second-order valence-corrected chi connectivity index (χ2v) is 12.2. The summed E-state index contributed by atoms with van der Waals surface area (Å²) in [5.74, 6) is 0.595. The molecular weight excluding hydrogens is 679 g/mol. The summed E-state index contributed by atoms with van der Waals surface area (Å²) in [5, 5.41) is 0. The van der Waals surface area contributed by atoms with E-state index in [-0.39, 0.29) is 72.6 Å². The smallest absolute Gasteiger partial charge is 0.323 e. The number of ether oxygens (including phenoxy) is 4. The van der Waals surface area contributed by atoms with Crippen LogP contribution in [0.15, 0.2) is 60.7 Å². The standard InChI is InChI=1S/C35H45F2N5O5.2ClH/c1-24(2)47-34-28(33(45-4)38-35(39-34)46-23-30(36)37)21-40-19-27-20-41(31(43)15-18-44-3)16-17-42(27)29(22-40)32(25-11-7-5-8-12-25)26-13-9-6-10-14-26;;/h5-14,24,27,29-30,32H,15-23H2,1-4H3;2*1H/t27-,29?;;/m1../s1. The van der Waals surface area contributed by atoms with Crippen molar-refractivity contribution in [2.45, 2.75) is 57.3 Å². The van der Waals surface area contributed by atoms with Gasteiger partial charge in [0.15, 0.2) is 6.61 Å². The highest BCUT2D eigenvalue weighted by Crippen LogP contribution is 2.37.